The zero-order chi connectivity index (χ0) is 25.3. The molecule has 0 unspecified atom stereocenters. The van der Waals surface area contributed by atoms with Crippen LogP contribution in [0.5, 0.6) is 17.4 Å². The molecule has 0 spiro atoms. The molecule has 7 nitrogen and oxygen atoms in total. The van der Waals surface area contributed by atoms with E-state index in [4.69, 9.17) is 14.2 Å². The minimum atomic E-state index is -4.66. The second-order valence-electron chi connectivity index (χ2n) is 8.00. The number of amides is 1. The quantitative estimate of drug-likeness (QED) is 0.355. The van der Waals surface area contributed by atoms with E-state index in [9.17, 15) is 18.0 Å². The van der Waals surface area contributed by atoms with Crippen LogP contribution in [0.2, 0.25) is 0 Å². The van der Waals surface area contributed by atoms with Gasteiger partial charge in [0.1, 0.15) is 6.61 Å². The number of halogens is 3. The molecule has 0 saturated carbocycles. The maximum absolute atomic E-state index is 13.4. The van der Waals surface area contributed by atoms with Gasteiger partial charge >= 0.3 is 6.18 Å². The highest BCUT2D eigenvalue weighted by Crippen LogP contribution is 2.36. The van der Waals surface area contributed by atoms with Crippen molar-refractivity contribution in [3.63, 3.8) is 0 Å². The summed E-state index contributed by atoms with van der Waals surface area (Å²) < 4.78 is 57.7. The molecule has 5 rings (SSSR count). The largest absolute Gasteiger partial charge is 0.473 e. The fourth-order valence-electron chi connectivity index (χ4n) is 3.70. The fraction of sp³-hybridized carbons (Fsp3) is 0.154. The van der Waals surface area contributed by atoms with Gasteiger partial charge in [-0.1, -0.05) is 36.4 Å². The predicted octanol–water partition coefficient (Wildman–Crippen LogP) is 5.48. The molecule has 0 atom stereocenters. The Morgan fingerprint density at radius 3 is 2.56 bits per heavy atom. The third-order valence-electron chi connectivity index (χ3n) is 5.58. The van der Waals surface area contributed by atoms with Crippen molar-refractivity contribution in [1.82, 2.24) is 9.78 Å². The van der Waals surface area contributed by atoms with Crippen LogP contribution >= 0.6 is 0 Å². The Kier molecular flexibility index (Phi) is 6.01. The molecule has 10 heteroatoms. The number of hydrogen-bond donors (Lipinski definition) is 0. The number of fused-ring (bicyclic) bond motifs is 1. The molecule has 36 heavy (non-hydrogen) atoms. The predicted molar refractivity (Wildman–Crippen MR) is 125 cm³/mol. The maximum atomic E-state index is 13.4. The summed E-state index contributed by atoms with van der Waals surface area (Å²) >= 11 is 0. The lowest BCUT2D eigenvalue weighted by Gasteiger charge is -2.18. The van der Waals surface area contributed by atoms with Gasteiger partial charge in [0, 0.05) is 30.4 Å². The van der Waals surface area contributed by atoms with Gasteiger partial charge in [-0.05, 0) is 35.9 Å². The average molecular weight is 495 g/mol. The molecule has 184 valence electrons. The second-order valence-corrected chi connectivity index (χ2v) is 8.00. The Bertz CT molecular complexity index is 1400. The van der Waals surface area contributed by atoms with Crippen LogP contribution in [-0.2, 0) is 12.8 Å². The van der Waals surface area contributed by atoms with Crippen LogP contribution in [0.4, 0.5) is 18.9 Å². The molecule has 0 aliphatic carbocycles. The van der Waals surface area contributed by atoms with Crippen LogP contribution in [0, 0.1) is 0 Å². The zero-order valence-corrected chi connectivity index (χ0v) is 19.0. The van der Waals surface area contributed by atoms with Gasteiger partial charge in [-0.3, -0.25) is 4.79 Å². The van der Waals surface area contributed by atoms with Gasteiger partial charge in [-0.15, -0.1) is 0 Å². The van der Waals surface area contributed by atoms with Crippen molar-refractivity contribution in [3.05, 3.63) is 95.7 Å². The van der Waals surface area contributed by atoms with Gasteiger partial charge in [0.2, 0.25) is 12.7 Å². The lowest BCUT2D eigenvalue weighted by atomic mass is 10.1. The highest BCUT2D eigenvalue weighted by Gasteiger charge is 2.35. The number of carbonyl (C=O) groups is 1. The van der Waals surface area contributed by atoms with Crippen molar-refractivity contribution in [3.8, 4) is 23.1 Å². The van der Waals surface area contributed by atoms with Gasteiger partial charge in [-0.2, -0.15) is 18.3 Å². The highest BCUT2D eigenvalue weighted by atomic mass is 19.4. The lowest BCUT2D eigenvalue weighted by Crippen LogP contribution is -2.26. The standard InChI is InChI=1S/C26H20F3N3O4/c1-31(19-10-11-21-22(13-19)36-16-35-21)25(33)18-8-5-9-20(12-18)32-24(14-23(30-32)26(27,28)29)34-15-17-6-3-2-4-7-17/h2-14H,15-16H2,1H3. The van der Waals surface area contributed by atoms with Crippen LogP contribution in [0.25, 0.3) is 5.69 Å². The van der Waals surface area contributed by atoms with E-state index in [1.165, 1.54) is 11.0 Å². The van der Waals surface area contributed by atoms with E-state index in [0.29, 0.717) is 17.2 Å². The molecule has 4 aromatic rings. The third-order valence-corrected chi connectivity index (χ3v) is 5.58. The number of alkyl halides is 3. The first kappa shape index (κ1) is 23.3. The Morgan fingerprint density at radius 2 is 1.78 bits per heavy atom. The fourth-order valence-corrected chi connectivity index (χ4v) is 3.70. The molecule has 2 heterocycles. The van der Waals surface area contributed by atoms with Crippen molar-refractivity contribution in [1.29, 1.82) is 0 Å². The van der Waals surface area contributed by atoms with E-state index in [1.807, 2.05) is 18.2 Å². The van der Waals surface area contributed by atoms with Crippen LogP contribution in [0.15, 0.2) is 78.9 Å². The normalized spacial score (nSPS) is 12.4. The Morgan fingerprint density at radius 1 is 1.00 bits per heavy atom. The molecule has 0 N–H and O–H groups in total. The van der Waals surface area contributed by atoms with E-state index >= 15 is 0 Å². The Labute approximate surface area is 204 Å². The summed E-state index contributed by atoms with van der Waals surface area (Å²) in [5.41, 5.74) is 0.761. The van der Waals surface area contributed by atoms with Crippen molar-refractivity contribution in [2.75, 3.05) is 18.7 Å². The van der Waals surface area contributed by atoms with Crippen molar-refractivity contribution < 1.29 is 32.2 Å². The van der Waals surface area contributed by atoms with E-state index in [1.54, 1.807) is 55.6 Å². The van der Waals surface area contributed by atoms with Crippen LogP contribution in [0.1, 0.15) is 21.6 Å². The monoisotopic (exact) mass is 495 g/mol. The third kappa shape index (κ3) is 4.70. The van der Waals surface area contributed by atoms with Crippen LogP contribution in [0.3, 0.4) is 0 Å². The Hall–Kier alpha value is -4.47. The lowest BCUT2D eigenvalue weighted by molar-refractivity contribution is -0.141. The van der Waals surface area contributed by atoms with Gasteiger partial charge in [0.05, 0.1) is 5.69 Å². The summed E-state index contributed by atoms with van der Waals surface area (Å²) in [7, 11) is 1.59. The van der Waals surface area contributed by atoms with Gasteiger partial charge in [0.15, 0.2) is 17.2 Å². The summed E-state index contributed by atoms with van der Waals surface area (Å²) in [4.78, 5) is 14.6. The van der Waals surface area contributed by atoms with Crippen molar-refractivity contribution in [2.24, 2.45) is 0 Å². The zero-order valence-electron chi connectivity index (χ0n) is 19.0. The summed E-state index contributed by atoms with van der Waals surface area (Å²) in [5, 5.41) is 3.72. The maximum Gasteiger partial charge on any atom is 0.435 e. The number of benzene rings is 3. The average Bonchev–Trinajstić information content (AvgIpc) is 3.54. The molecular formula is C26H20F3N3O4. The van der Waals surface area contributed by atoms with E-state index in [0.717, 1.165) is 16.3 Å². The number of nitrogens with zero attached hydrogens (tertiary/aromatic N) is 3. The van der Waals surface area contributed by atoms with Crippen LogP contribution in [-0.4, -0.2) is 29.5 Å². The smallest absolute Gasteiger partial charge is 0.435 e. The summed E-state index contributed by atoms with van der Waals surface area (Å²) in [6, 6.07) is 21.2. The minimum absolute atomic E-state index is 0.0509. The molecule has 0 radical (unpaired) electrons. The molecule has 3 aromatic carbocycles. The molecule has 1 amide bonds. The van der Waals surface area contributed by atoms with E-state index in [-0.39, 0.29) is 36.4 Å². The first-order chi connectivity index (χ1) is 17.3. The highest BCUT2D eigenvalue weighted by molar-refractivity contribution is 6.06. The SMILES string of the molecule is CN(C(=O)c1cccc(-n2nc(C(F)(F)F)cc2OCc2ccccc2)c1)c1ccc2c(c1)OCO2. The number of carbonyl (C=O) groups excluding carboxylic acids is 1. The summed E-state index contributed by atoms with van der Waals surface area (Å²) in [5.74, 6) is 0.645. The number of rotatable bonds is 6. The molecule has 1 aliphatic heterocycles. The molecule has 1 aliphatic rings. The number of aromatic nitrogens is 2. The van der Waals surface area contributed by atoms with Gasteiger partial charge in [-0.25, -0.2) is 4.68 Å². The summed E-state index contributed by atoms with van der Waals surface area (Å²) in [6.07, 6.45) is -4.66. The summed E-state index contributed by atoms with van der Waals surface area (Å²) in [6.45, 7) is 0.159. The second kappa shape index (κ2) is 9.29. The molecule has 0 fully saturated rings. The number of hydrogen-bond acceptors (Lipinski definition) is 5. The first-order valence-corrected chi connectivity index (χ1v) is 10.9. The van der Waals surface area contributed by atoms with Crippen molar-refractivity contribution in [2.45, 2.75) is 12.8 Å². The minimum Gasteiger partial charge on any atom is -0.473 e. The molecule has 0 saturated heterocycles. The number of anilines is 1. The van der Waals surface area contributed by atoms with E-state index in [2.05, 4.69) is 5.10 Å². The topological polar surface area (TPSA) is 65.8 Å². The number of ether oxygens (including phenoxy) is 3. The van der Waals surface area contributed by atoms with E-state index < -0.39 is 11.9 Å². The molecule has 1 aromatic heterocycles. The van der Waals surface area contributed by atoms with Gasteiger partial charge < -0.3 is 19.1 Å². The first-order valence-electron chi connectivity index (χ1n) is 10.9. The molecule has 0 bridgehead atoms. The molecular weight excluding hydrogens is 475 g/mol. The van der Waals surface area contributed by atoms with Crippen LogP contribution < -0.4 is 19.1 Å². The van der Waals surface area contributed by atoms with Crippen molar-refractivity contribution >= 4 is 11.6 Å². The van der Waals surface area contributed by atoms with Gasteiger partial charge in [0.25, 0.3) is 5.91 Å². The Balaban J connectivity index is 1.44.